The first-order valence-corrected chi connectivity index (χ1v) is 18.9. The fourth-order valence-electron chi connectivity index (χ4n) is 6.56. The summed E-state index contributed by atoms with van der Waals surface area (Å²) in [7, 11) is 1.29. The topological polar surface area (TPSA) is 159 Å². The first-order chi connectivity index (χ1) is 25.7. The van der Waals surface area contributed by atoms with Crippen LogP contribution in [-0.2, 0) is 14.3 Å². The Morgan fingerprint density at radius 1 is 1.00 bits per heavy atom. The van der Waals surface area contributed by atoms with Gasteiger partial charge in [0.1, 0.15) is 10.7 Å². The van der Waals surface area contributed by atoms with Gasteiger partial charge in [-0.05, 0) is 62.1 Å². The van der Waals surface area contributed by atoms with Crippen LogP contribution >= 0.6 is 22.7 Å². The maximum atomic E-state index is 13.9. The number of rotatable bonds is 9. The first-order valence-electron chi connectivity index (χ1n) is 17.3. The van der Waals surface area contributed by atoms with Crippen LogP contribution in [0.25, 0.3) is 22.3 Å². The SMILES string of the molecule is CCOC(=O)C1=C(C)N=c2s/c(=C\c3ccc(-n4cc(-c5cc(C(=O)OC)c(NC(=O)NC6CCCCC6)s5)nn4)cc3)c(=O)n2C1c1ccccc1. The summed E-state index contributed by atoms with van der Waals surface area (Å²) in [6.45, 7) is 3.71. The lowest BCUT2D eigenvalue weighted by Crippen LogP contribution is -2.39. The molecule has 13 nitrogen and oxygen atoms in total. The minimum atomic E-state index is -0.671. The third kappa shape index (κ3) is 7.48. The molecule has 7 rings (SSSR count). The van der Waals surface area contributed by atoms with Crippen molar-refractivity contribution >= 4 is 51.7 Å². The number of urea groups is 1. The molecule has 1 fully saturated rings. The maximum Gasteiger partial charge on any atom is 0.340 e. The highest BCUT2D eigenvalue weighted by molar-refractivity contribution is 7.20. The molecule has 2 aliphatic rings. The summed E-state index contributed by atoms with van der Waals surface area (Å²) in [6.07, 6.45) is 8.74. The number of benzene rings is 2. The van der Waals surface area contributed by atoms with Crippen molar-refractivity contribution in [3.05, 3.63) is 115 Å². The van der Waals surface area contributed by atoms with E-state index >= 15 is 0 Å². The van der Waals surface area contributed by atoms with Gasteiger partial charge in [0, 0.05) is 6.04 Å². The van der Waals surface area contributed by atoms with Crippen LogP contribution < -0.4 is 25.5 Å². The predicted molar refractivity (Wildman–Crippen MR) is 202 cm³/mol. The summed E-state index contributed by atoms with van der Waals surface area (Å²) in [5.74, 6) is -1.07. The second kappa shape index (κ2) is 15.5. The minimum Gasteiger partial charge on any atom is -0.465 e. The number of ether oxygens (including phenoxy) is 2. The van der Waals surface area contributed by atoms with Crippen molar-refractivity contribution in [2.24, 2.45) is 4.99 Å². The number of anilines is 1. The van der Waals surface area contributed by atoms with E-state index in [4.69, 9.17) is 9.47 Å². The average Bonchev–Trinajstić information content (AvgIpc) is 3.90. The molecule has 0 saturated heterocycles. The van der Waals surface area contributed by atoms with E-state index in [1.807, 2.05) is 54.6 Å². The van der Waals surface area contributed by atoms with Crippen LogP contribution in [0.2, 0.25) is 0 Å². The molecule has 272 valence electrons. The molecular formula is C38H37N7O6S2. The second-order valence-corrected chi connectivity index (χ2v) is 14.7. The Kier molecular flexibility index (Phi) is 10.5. The summed E-state index contributed by atoms with van der Waals surface area (Å²) >= 11 is 2.47. The Hall–Kier alpha value is -5.67. The molecule has 3 aromatic heterocycles. The second-order valence-electron chi connectivity index (χ2n) is 12.6. The molecule has 2 amide bonds. The van der Waals surface area contributed by atoms with E-state index in [0.29, 0.717) is 36.2 Å². The Morgan fingerprint density at radius 3 is 2.47 bits per heavy atom. The molecule has 2 aromatic carbocycles. The largest absolute Gasteiger partial charge is 0.465 e. The fraction of sp³-hybridized carbons (Fsp3) is 0.289. The van der Waals surface area contributed by atoms with Gasteiger partial charge < -0.3 is 14.8 Å². The molecule has 2 N–H and O–H groups in total. The molecule has 0 spiro atoms. The smallest absolute Gasteiger partial charge is 0.340 e. The number of carbonyl (C=O) groups is 3. The third-order valence-corrected chi connectivity index (χ3v) is 11.2. The molecule has 53 heavy (non-hydrogen) atoms. The standard InChI is InChI=1S/C38H37N7O6S2/c1-4-51-36(48)31-22(2)39-38-45(32(31)24-11-7-5-8-12-24)34(46)30(53-38)19-23-15-17-26(18-16-23)44-21-28(42-43-44)29-20-27(35(47)50-3)33(52-29)41-37(49)40-25-13-9-6-10-14-25/h5,7-8,11-12,15-21,25,32H,4,6,9-10,13-14H2,1-3H3,(H2,40,41,49)/b30-19-. The summed E-state index contributed by atoms with van der Waals surface area (Å²) < 4.78 is 14.0. The number of aromatic nitrogens is 4. The Bertz CT molecular complexity index is 2390. The number of thiazole rings is 1. The zero-order chi connectivity index (χ0) is 37.1. The number of fused-ring (bicyclic) bond motifs is 1. The zero-order valence-corrected chi connectivity index (χ0v) is 31.0. The highest BCUT2D eigenvalue weighted by Crippen LogP contribution is 2.35. The van der Waals surface area contributed by atoms with Gasteiger partial charge in [-0.3, -0.25) is 14.7 Å². The van der Waals surface area contributed by atoms with Crippen LogP contribution in [0.5, 0.6) is 0 Å². The Balaban J connectivity index is 1.13. The molecule has 5 aromatic rings. The van der Waals surface area contributed by atoms with Gasteiger partial charge in [-0.1, -0.05) is 78.3 Å². The number of allylic oxidation sites excluding steroid dienone is 1. The number of methoxy groups -OCH3 is 1. The molecular weight excluding hydrogens is 715 g/mol. The van der Waals surface area contributed by atoms with Gasteiger partial charge in [0.05, 0.1) is 57.9 Å². The molecule has 15 heteroatoms. The van der Waals surface area contributed by atoms with Crippen molar-refractivity contribution in [2.45, 2.75) is 58.0 Å². The number of esters is 2. The molecule has 0 bridgehead atoms. The van der Waals surface area contributed by atoms with Crippen LogP contribution in [-0.4, -0.2) is 57.3 Å². The molecule has 0 radical (unpaired) electrons. The van der Waals surface area contributed by atoms with Gasteiger partial charge in [-0.15, -0.1) is 16.4 Å². The predicted octanol–water partition coefficient (Wildman–Crippen LogP) is 5.35. The van der Waals surface area contributed by atoms with Gasteiger partial charge in [0.2, 0.25) is 0 Å². The Labute approximate surface area is 312 Å². The number of thiophene rings is 1. The van der Waals surface area contributed by atoms with E-state index < -0.39 is 18.0 Å². The highest BCUT2D eigenvalue weighted by Gasteiger charge is 2.33. The zero-order valence-electron chi connectivity index (χ0n) is 29.3. The van der Waals surface area contributed by atoms with E-state index in [0.717, 1.165) is 42.5 Å². The van der Waals surface area contributed by atoms with Crippen LogP contribution in [0.1, 0.15) is 73.5 Å². The van der Waals surface area contributed by atoms with Crippen molar-refractivity contribution in [1.82, 2.24) is 24.9 Å². The number of amides is 2. The van der Waals surface area contributed by atoms with Gasteiger partial charge >= 0.3 is 18.0 Å². The summed E-state index contributed by atoms with van der Waals surface area (Å²) in [4.78, 5) is 58.2. The lowest BCUT2D eigenvalue weighted by molar-refractivity contribution is -0.139. The van der Waals surface area contributed by atoms with Gasteiger partial charge in [-0.2, -0.15) is 0 Å². The quantitative estimate of drug-likeness (QED) is 0.191. The van der Waals surface area contributed by atoms with Gasteiger partial charge in [0.15, 0.2) is 4.80 Å². The van der Waals surface area contributed by atoms with E-state index in [1.165, 1.54) is 36.2 Å². The Morgan fingerprint density at radius 2 is 1.75 bits per heavy atom. The molecule has 1 saturated carbocycles. The van der Waals surface area contributed by atoms with Gasteiger partial charge in [0.25, 0.3) is 5.56 Å². The van der Waals surface area contributed by atoms with Gasteiger partial charge in [-0.25, -0.2) is 24.1 Å². The van der Waals surface area contributed by atoms with Crippen molar-refractivity contribution in [2.75, 3.05) is 19.0 Å². The number of nitrogens with zero attached hydrogens (tertiary/aromatic N) is 5. The van der Waals surface area contributed by atoms with Crippen LogP contribution in [0.15, 0.2) is 87.9 Å². The monoisotopic (exact) mass is 751 g/mol. The highest BCUT2D eigenvalue weighted by atomic mass is 32.1. The maximum absolute atomic E-state index is 13.9. The molecule has 1 atom stereocenters. The number of hydrogen-bond acceptors (Lipinski definition) is 11. The number of carbonyl (C=O) groups excluding carboxylic acids is 3. The van der Waals surface area contributed by atoms with E-state index in [2.05, 4.69) is 25.9 Å². The lowest BCUT2D eigenvalue weighted by Gasteiger charge is -2.24. The summed E-state index contributed by atoms with van der Waals surface area (Å²) in [5.41, 5.74) is 3.62. The summed E-state index contributed by atoms with van der Waals surface area (Å²) in [6, 6.07) is 17.6. The lowest BCUT2D eigenvalue weighted by atomic mass is 9.96. The van der Waals surface area contributed by atoms with E-state index in [1.54, 1.807) is 41.4 Å². The van der Waals surface area contributed by atoms with Crippen molar-refractivity contribution in [3.63, 3.8) is 0 Å². The van der Waals surface area contributed by atoms with Crippen LogP contribution in [0, 0.1) is 0 Å². The normalized spacial score (nSPS) is 16.1. The third-order valence-electron chi connectivity index (χ3n) is 9.14. The van der Waals surface area contributed by atoms with E-state index in [-0.39, 0.29) is 29.8 Å². The minimum absolute atomic E-state index is 0.112. The average molecular weight is 752 g/mol. The van der Waals surface area contributed by atoms with Crippen molar-refractivity contribution in [3.8, 4) is 16.3 Å². The van der Waals surface area contributed by atoms with E-state index in [9.17, 15) is 19.2 Å². The molecule has 1 unspecified atom stereocenters. The van der Waals surface area contributed by atoms with Crippen LogP contribution in [0.4, 0.5) is 9.80 Å². The summed E-state index contributed by atoms with van der Waals surface area (Å²) in [5, 5.41) is 14.8. The first kappa shape index (κ1) is 35.7. The fourth-order valence-corrected chi connectivity index (χ4v) is 8.60. The van der Waals surface area contributed by atoms with Crippen molar-refractivity contribution < 1.29 is 23.9 Å². The van der Waals surface area contributed by atoms with Crippen molar-refractivity contribution in [1.29, 1.82) is 0 Å². The molecule has 1 aliphatic carbocycles. The number of hydrogen-bond donors (Lipinski definition) is 2. The van der Waals surface area contributed by atoms with Crippen LogP contribution in [0.3, 0.4) is 0 Å². The molecule has 1 aliphatic heterocycles. The number of nitrogens with one attached hydrogen (secondary N) is 2. The molecule has 4 heterocycles.